The Hall–Kier alpha value is -3.79. The average Bonchev–Trinajstić information content (AvgIpc) is 3.07. The third-order valence-corrected chi connectivity index (χ3v) is 7.06. The summed E-state index contributed by atoms with van der Waals surface area (Å²) in [4.78, 5) is 40.2. The van der Waals surface area contributed by atoms with Crippen molar-refractivity contribution in [1.29, 1.82) is 0 Å². The van der Waals surface area contributed by atoms with E-state index in [0.29, 0.717) is 16.0 Å². The van der Waals surface area contributed by atoms with E-state index in [4.69, 9.17) is 0 Å². The van der Waals surface area contributed by atoms with Crippen molar-refractivity contribution in [2.75, 3.05) is 13.1 Å². The van der Waals surface area contributed by atoms with Crippen LogP contribution >= 0.6 is 0 Å². The first-order chi connectivity index (χ1) is 17.8. The van der Waals surface area contributed by atoms with E-state index in [9.17, 15) is 24.6 Å². The zero-order valence-corrected chi connectivity index (χ0v) is 21.6. The fraction of sp³-hybridized carbons (Fsp3) is 0.393. The Morgan fingerprint density at radius 3 is 2.45 bits per heavy atom. The van der Waals surface area contributed by atoms with Gasteiger partial charge in [0, 0.05) is 17.7 Å². The van der Waals surface area contributed by atoms with Gasteiger partial charge in [-0.2, -0.15) is 0 Å². The summed E-state index contributed by atoms with van der Waals surface area (Å²) >= 11 is 0. The van der Waals surface area contributed by atoms with Crippen LogP contribution in [0, 0.1) is 12.3 Å². The number of phenols is 1. The summed E-state index contributed by atoms with van der Waals surface area (Å²) in [7, 11) is 0. The maximum atomic E-state index is 15.0. The Morgan fingerprint density at radius 1 is 1.16 bits per heavy atom. The van der Waals surface area contributed by atoms with Crippen LogP contribution in [-0.4, -0.2) is 70.0 Å². The molecule has 3 atom stereocenters. The molecular weight excluding hydrogens is 496 g/mol. The molecule has 3 rings (SSSR count). The van der Waals surface area contributed by atoms with Gasteiger partial charge in [0.25, 0.3) is 17.7 Å². The first kappa shape index (κ1) is 28.8. The molecule has 1 aliphatic rings. The van der Waals surface area contributed by atoms with Crippen molar-refractivity contribution in [3.8, 4) is 5.75 Å². The summed E-state index contributed by atoms with van der Waals surface area (Å²) in [5.41, 5.74) is -0.836. The number of aliphatic hydroxyl groups excluding tert-OH is 1. The molecule has 0 aliphatic carbocycles. The molecule has 2 aromatic rings. The largest absolute Gasteiger partial charge is 0.508 e. The van der Waals surface area contributed by atoms with E-state index >= 15 is 8.78 Å². The van der Waals surface area contributed by atoms with Gasteiger partial charge < -0.3 is 25.7 Å². The number of benzene rings is 2. The molecule has 0 saturated carbocycles. The number of likely N-dealkylation sites (tertiary alicyclic amines) is 1. The predicted molar refractivity (Wildman–Crippen MR) is 138 cm³/mol. The van der Waals surface area contributed by atoms with Crippen LogP contribution in [0.2, 0.25) is 0 Å². The fourth-order valence-electron chi connectivity index (χ4n) is 4.61. The molecule has 0 bridgehead atoms. The highest BCUT2D eigenvalue weighted by Gasteiger charge is 2.64. The number of phenolic OH excluding ortho intramolecular Hbond substituents is 1. The monoisotopic (exact) mass is 529 g/mol. The number of amides is 3. The molecule has 204 valence electrons. The number of carbonyl (C=O) groups is 3. The summed E-state index contributed by atoms with van der Waals surface area (Å²) in [6.45, 7) is 6.36. The number of hydrogen-bond donors (Lipinski definition) is 4. The van der Waals surface area contributed by atoms with Gasteiger partial charge in [0.2, 0.25) is 5.91 Å². The number of carbonyl (C=O) groups excluding carboxylic acids is 3. The molecule has 1 saturated heterocycles. The van der Waals surface area contributed by atoms with E-state index in [0.717, 1.165) is 0 Å². The van der Waals surface area contributed by atoms with E-state index < -0.39 is 53.8 Å². The van der Waals surface area contributed by atoms with Crippen LogP contribution in [0.15, 0.2) is 61.2 Å². The van der Waals surface area contributed by atoms with E-state index in [2.05, 4.69) is 17.2 Å². The summed E-state index contributed by atoms with van der Waals surface area (Å²) < 4.78 is 30.0. The first-order valence-corrected chi connectivity index (χ1v) is 12.2. The summed E-state index contributed by atoms with van der Waals surface area (Å²) in [6, 6.07) is 10.3. The van der Waals surface area contributed by atoms with Gasteiger partial charge in [-0.25, -0.2) is 8.78 Å². The van der Waals surface area contributed by atoms with E-state index in [1.807, 2.05) is 0 Å². The van der Waals surface area contributed by atoms with Crippen LogP contribution in [0.5, 0.6) is 5.75 Å². The molecule has 0 aromatic heterocycles. The highest BCUT2D eigenvalue weighted by atomic mass is 19.3. The van der Waals surface area contributed by atoms with E-state index in [1.54, 1.807) is 37.3 Å². The number of rotatable bonds is 9. The van der Waals surface area contributed by atoms with Gasteiger partial charge in [-0.05, 0) is 31.0 Å². The van der Waals surface area contributed by atoms with Crippen LogP contribution in [0.1, 0.15) is 35.3 Å². The zero-order chi connectivity index (χ0) is 28.3. The molecule has 4 N–H and O–H groups in total. The SMILES string of the molecule is C=CCNC(=O)C1N(C(=O)C(O)C(Cc2ccccc2)NC(=O)c2cccc(O)c2C)CC(F)(F)C1(C)C. The Bertz CT molecular complexity index is 1200. The second-order valence-corrected chi connectivity index (χ2v) is 9.99. The third kappa shape index (κ3) is 5.70. The van der Waals surface area contributed by atoms with Gasteiger partial charge in [-0.3, -0.25) is 14.4 Å². The van der Waals surface area contributed by atoms with Crippen molar-refractivity contribution in [3.63, 3.8) is 0 Å². The van der Waals surface area contributed by atoms with Crippen molar-refractivity contribution in [2.24, 2.45) is 5.41 Å². The minimum atomic E-state index is -3.42. The number of nitrogens with zero attached hydrogens (tertiary/aromatic N) is 1. The quantitative estimate of drug-likeness (QED) is 0.373. The summed E-state index contributed by atoms with van der Waals surface area (Å²) in [5, 5.41) is 26.3. The highest BCUT2D eigenvalue weighted by Crippen LogP contribution is 2.48. The van der Waals surface area contributed by atoms with Crippen LogP contribution in [0.25, 0.3) is 0 Å². The first-order valence-electron chi connectivity index (χ1n) is 12.2. The maximum Gasteiger partial charge on any atom is 0.272 e. The van der Waals surface area contributed by atoms with Crippen molar-refractivity contribution in [2.45, 2.75) is 51.3 Å². The lowest BCUT2D eigenvalue weighted by molar-refractivity contribution is -0.148. The molecule has 38 heavy (non-hydrogen) atoms. The normalized spacial score (nSPS) is 19.3. The Kier molecular flexibility index (Phi) is 8.56. The van der Waals surface area contributed by atoms with E-state index in [1.165, 1.54) is 38.1 Å². The number of aromatic hydroxyl groups is 1. The van der Waals surface area contributed by atoms with Gasteiger partial charge in [-0.15, -0.1) is 6.58 Å². The second-order valence-electron chi connectivity index (χ2n) is 9.99. The number of hydrogen-bond acceptors (Lipinski definition) is 5. The van der Waals surface area contributed by atoms with Crippen LogP contribution in [0.3, 0.4) is 0 Å². The lowest BCUT2D eigenvalue weighted by Gasteiger charge is -2.34. The molecular formula is C28H33F2N3O5. The standard InChI is InChI=1S/C28H33F2N3O5/c1-5-14-31-25(37)23-27(3,4)28(29,30)16-33(23)26(38)22(35)20(15-18-10-7-6-8-11-18)32-24(36)19-12-9-13-21(34)17(19)2/h5-13,20,22-23,34-35H,1,14-16H2,2-4H3,(H,31,37)(H,32,36). The van der Waals surface area contributed by atoms with Crippen molar-refractivity contribution in [3.05, 3.63) is 77.9 Å². The van der Waals surface area contributed by atoms with Crippen LogP contribution < -0.4 is 10.6 Å². The molecule has 1 aliphatic heterocycles. The second kappa shape index (κ2) is 11.3. The molecule has 0 radical (unpaired) electrons. The minimum Gasteiger partial charge on any atom is -0.508 e. The smallest absolute Gasteiger partial charge is 0.272 e. The number of aliphatic hydroxyl groups is 1. The maximum absolute atomic E-state index is 15.0. The highest BCUT2D eigenvalue weighted by molar-refractivity contribution is 5.97. The molecule has 8 nitrogen and oxygen atoms in total. The topological polar surface area (TPSA) is 119 Å². The zero-order valence-electron chi connectivity index (χ0n) is 21.6. The lowest BCUT2D eigenvalue weighted by Crippen LogP contribution is -2.57. The molecule has 1 fully saturated rings. The number of alkyl halides is 2. The predicted octanol–water partition coefficient (Wildman–Crippen LogP) is 2.58. The van der Waals surface area contributed by atoms with Crippen molar-refractivity contribution in [1.82, 2.24) is 15.5 Å². The fourth-order valence-corrected chi connectivity index (χ4v) is 4.61. The Labute approximate surface area is 220 Å². The van der Waals surface area contributed by atoms with Gasteiger partial charge >= 0.3 is 0 Å². The van der Waals surface area contributed by atoms with Crippen molar-refractivity contribution >= 4 is 17.7 Å². The Balaban J connectivity index is 1.94. The van der Waals surface area contributed by atoms with Crippen molar-refractivity contribution < 1.29 is 33.4 Å². The lowest BCUT2D eigenvalue weighted by atomic mass is 9.81. The molecule has 10 heteroatoms. The minimum absolute atomic E-state index is 0.00168. The molecule has 3 unspecified atom stereocenters. The third-order valence-electron chi connectivity index (χ3n) is 7.06. The van der Waals surface area contributed by atoms with Gasteiger partial charge in [0.1, 0.15) is 11.8 Å². The molecule has 0 spiro atoms. The Morgan fingerprint density at radius 2 is 1.82 bits per heavy atom. The van der Waals surface area contributed by atoms with Gasteiger partial charge in [0.05, 0.1) is 18.0 Å². The van der Waals surface area contributed by atoms with Crippen LogP contribution in [0.4, 0.5) is 8.78 Å². The average molecular weight is 530 g/mol. The van der Waals surface area contributed by atoms with Gasteiger partial charge in [-0.1, -0.05) is 56.3 Å². The van der Waals surface area contributed by atoms with Gasteiger partial charge in [0.15, 0.2) is 6.10 Å². The summed E-state index contributed by atoms with van der Waals surface area (Å²) in [6.07, 6.45) is -0.567. The molecule has 3 amide bonds. The molecule has 2 aromatic carbocycles. The number of halogens is 2. The van der Waals surface area contributed by atoms with Crippen LogP contribution in [-0.2, 0) is 16.0 Å². The molecule has 1 heterocycles. The summed E-state index contributed by atoms with van der Waals surface area (Å²) in [5.74, 6) is -6.10. The number of nitrogens with one attached hydrogen (secondary N) is 2. The van der Waals surface area contributed by atoms with E-state index in [-0.39, 0.29) is 24.3 Å².